The molecule has 4 rings (SSSR count). The number of benzene rings is 1. The van der Waals surface area contributed by atoms with Gasteiger partial charge in [-0.25, -0.2) is 0 Å². The number of hydrogen-bond donors (Lipinski definition) is 1. The van der Waals surface area contributed by atoms with Gasteiger partial charge in [-0.05, 0) is 50.4 Å². The van der Waals surface area contributed by atoms with Crippen molar-refractivity contribution in [2.45, 2.75) is 37.8 Å². The molecular weight excluding hydrogens is 262 g/mol. The second kappa shape index (κ2) is 5.02. The van der Waals surface area contributed by atoms with E-state index in [1.165, 1.54) is 18.4 Å². The lowest BCUT2D eigenvalue weighted by atomic mass is 10.1. The van der Waals surface area contributed by atoms with Gasteiger partial charge in [0.2, 0.25) is 0 Å². The Labute approximate surface area is 126 Å². The minimum Gasteiger partial charge on any atom is -0.384 e. The smallest absolute Gasteiger partial charge is 0.253 e. The Morgan fingerprint density at radius 1 is 1.24 bits per heavy atom. The van der Waals surface area contributed by atoms with Crippen molar-refractivity contribution in [1.82, 2.24) is 9.80 Å². The summed E-state index contributed by atoms with van der Waals surface area (Å²) in [4.78, 5) is 17.4. The van der Waals surface area contributed by atoms with Crippen LogP contribution in [0.5, 0.6) is 0 Å². The van der Waals surface area contributed by atoms with Gasteiger partial charge in [0.15, 0.2) is 0 Å². The van der Waals surface area contributed by atoms with E-state index in [0.717, 1.165) is 43.7 Å². The first kappa shape index (κ1) is 13.1. The molecule has 1 aromatic rings. The fraction of sp³-hybridized carbons (Fsp3) is 0.588. The summed E-state index contributed by atoms with van der Waals surface area (Å²) in [6.45, 7) is 2.77. The van der Waals surface area contributed by atoms with Crippen LogP contribution in [-0.4, -0.2) is 54.5 Å². The van der Waals surface area contributed by atoms with E-state index in [9.17, 15) is 4.79 Å². The molecule has 1 aromatic carbocycles. The van der Waals surface area contributed by atoms with Gasteiger partial charge in [0.1, 0.15) is 0 Å². The molecule has 21 heavy (non-hydrogen) atoms. The second-order valence-electron chi connectivity index (χ2n) is 6.64. The molecule has 0 spiro atoms. The van der Waals surface area contributed by atoms with Crippen molar-refractivity contribution in [2.24, 2.45) is 0 Å². The summed E-state index contributed by atoms with van der Waals surface area (Å²) < 4.78 is 0. The molecule has 1 N–H and O–H groups in total. The van der Waals surface area contributed by atoms with Gasteiger partial charge in [-0.2, -0.15) is 0 Å². The molecule has 4 heteroatoms. The summed E-state index contributed by atoms with van der Waals surface area (Å²) >= 11 is 0. The van der Waals surface area contributed by atoms with E-state index < -0.39 is 0 Å². The first-order chi connectivity index (χ1) is 10.2. The highest BCUT2D eigenvalue weighted by Crippen LogP contribution is 2.30. The van der Waals surface area contributed by atoms with Crippen molar-refractivity contribution in [1.29, 1.82) is 0 Å². The fourth-order valence-corrected chi connectivity index (χ4v) is 4.10. The number of likely N-dealkylation sites (tertiary alicyclic amines) is 1. The van der Waals surface area contributed by atoms with Crippen LogP contribution in [0.25, 0.3) is 0 Å². The van der Waals surface area contributed by atoms with E-state index in [2.05, 4.69) is 28.2 Å². The topological polar surface area (TPSA) is 35.6 Å². The van der Waals surface area contributed by atoms with E-state index in [-0.39, 0.29) is 5.91 Å². The van der Waals surface area contributed by atoms with Crippen molar-refractivity contribution >= 4 is 11.6 Å². The number of carbonyl (C=O) groups is 1. The Morgan fingerprint density at radius 3 is 3.00 bits per heavy atom. The van der Waals surface area contributed by atoms with Gasteiger partial charge in [0.25, 0.3) is 5.91 Å². The molecule has 4 nitrogen and oxygen atoms in total. The van der Waals surface area contributed by atoms with Gasteiger partial charge in [-0.15, -0.1) is 0 Å². The minimum absolute atomic E-state index is 0.201. The van der Waals surface area contributed by atoms with Crippen molar-refractivity contribution in [3.63, 3.8) is 0 Å². The highest BCUT2D eigenvalue weighted by atomic mass is 16.2. The third-order valence-electron chi connectivity index (χ3n) is 5.50. The van der Waals surface area contributed by atoms with Crippen LogP contribution in [0.3, 0.4) is 0 Å². The number of rotatable bonds is 1. The lowest BCUT2D eigenvalue weighted by Crippen LogP contribution is -2.39. The summed E-state index contributed by atoms with van der Waals surface area (Å²) in [5, 5.41) is 3.37. The van der Waals surface area contributed by atoms with Crippen LogP contribution in [0, 0.1) is 0 Å². The Balaban J connectivity index is 1.54. The van der Waals surface area contributed by atoms with E-state index >= 15 is 0 Å². The number of fused-ring (bicyclic) bond motifs is 3. The average Bonchev–Trinajstić information content (AvgIpc) is 3.02. The van der Waals surface area contributed by atoms with Gasteiger partial charge in [-0.3, -0.25) is 9.69 Å². The van der Waals surface area contributed by atoms with Gasteiger partial charge >= 0.3 is 0 Å². The van der Waals surface area contributed by atoms with Crippen molar-refractivity contribution in [3.8, 4) is 0 Å². The van der Waals surface area contributed by atoms with Gasteiger partial charge < -0.3 is 10.2 Å². The van der Waals surface area contributed by atoms with Crippen LogP contribution in [0.4, 0.5) is 5.69 Å². The molecule has 3 aliphatic heterocycles. The molecular formula is C17H23N3O. The molecule has 3 aliphatic rings. The Kier molecular flexibility index (Phi) is 3.14. The SMILES string of the molecule is CN1C2CCC1CN(C(=O)c1ccc3c(c1)NCC3)CC2. The van der Waals surface area contributed by atoms with Crippen molar-refractivity contribution in [3.05, 3.63) is 29.3 Å². The average molecular weight is 285 g/mol. The van der Waals surface area contributed by atoms with E-state index in [1.807, 2.05) is 12.1 Å². The number of amides is 1. The second-order valence-corrected chi connectivity index (χ2v) is 6.64. The lowest BCUT2D eigenvalue weighted by molar-refractivity contribution is 0.0740. The molecule has 0 aromatic heterocycles. The normalized spacial score (nSPS) is 28.1. The predicted octanol–water partition coefficient (Wildman–Crippen LogP) is 1.96. The molecule has 0 saturated carbocycles. The number of anilines is 1. The minimum atomic E-state index is 0.201. The molecule has 0 radical (unpaired) electrons. The summed E-state index contributed by atoms with van der Waals surface area (Å²) in [6.07, 6.45) is 4.71. The molecule has 2 saturated heterocycles. The zero-order valence-electron chi connectivity index (χ0n) is 12.6. The number of nitrogens with zero attached hydrogens (tertiary/aromatic N) is 2. The third kappa shape index (κ3) is 2.22. The van der Waals surface area contributed by atoms with Crippen LogP contribution < -0.4 is 5.32 Å². The molecule has 2 atom stereocenters. The maximum Gasteiger partial charge on any atom is 0.253 e. The van der Waals surface area contributed by atoms with E-state index in [1.54, 1.807) is 0 Å². The molecule has 2 bridgehead atoms. The molecule has 2 unspecified atom stereocenters. The van der Waals surface area contributed by atoms with Crippen LogP contribution >= 0.6 is 0 Å². The summed E-state index contributed by atoms with van der Waals surface area (Å²) in [7, 11) is 2.22. The largest absolute Gasteiger partial charge is 0.384 e. The molecule has 3 heterocycles. The predicted molar refractivity (Wildman–Crippen MR) is 83.7 cm³/mol. The first-order valence-electron chi connectivity index (χ1n) is 8.10. The molecule has 1 amide bonds. The third-order valence-corrected chi connectivity index (χ3v) is 5.50. The maximum atomic E-state index is 12.8. The number of carbonyl (C=O) groups excluding carboxylic acids is 1. The standard InChI is InChI=1S/C17H23N3O/c1-19-14-4-5-15(19)11-20(9-7-14)17(21)13-3-2-12-6-8-18-16(12)10-13/h2-3,10,14-15,18H,4-9,11H2,1H3. The maximum absolute atomic E-state index is 12.8. The fourth-order valence-electron chi connectivity index (χ4n) is 4.10. The Morgan fingerprint density at radius 2 is 2.10 bits per heavy atom. The van der Waals surface area contributed by atoms with Crippen LogP contribution in [0.2, 0.25) is 0 Å². The van der Waals surface area contributed by atoms with Crippen molar-refractivity contribution < 1.29 is 4.79 Å². The van der Waals surface area contributed by atoms with Gasteiger partial charge in [0, 0.05) is 43.0 Å². The monoisotopic (exact) mass is 285 g/mol. The lowest BCUT2D eigenvalue weighted by Gasteiger charge is -2.26. The highest BCUT2D eigenvalue weighted by Gasteiger charge is 2.36. The first-order valence-corrected chi connectivity index (χ1v) is 8.10. The zero-order chi connectivity index (χ0) is 14.4. The summed E-state index contributed by atoms with van der Waals surface area (Å²) in [5.74, 6) is 0.201. The van der Waals surface area contributed by atoms with Crippen LogP contribution in [0.15, 0.2) is 18.2 Å². The Hall–Kier alpha value is -1.55. The van der Waals surface area contributed by atoms with Crippen LogP contribution in [-0.2, 0) is 6.42 Å². The quantitative estimate of drug-likeness (QED) is 0.857. The number of nitrogens with one attached hydrogen (secondary N) is 1. The van der Waals surface area contributed by atoms with Crippen LogP contribution in [0.1, 0.15) is 35.2 Å². The molecule has 112 valence electrons. The number of likely N-dealkylation sites (N-methyl/N-ethyl adjacent to an activating group) is 1. The van der Waals surface area contributed by atoms with E-state index in [4.69, 9.17) is 0 Å². The summed E-state index contributed by atoms with van der Waals surface area (Å²) in [5.41, 5.74) is 3.32. The summed E-state index contributed by atoms with van der Waals surface area (Å²) in [6, 6.07) is 7.38. The molecule has 2 fully saturated rings. The molecule has 0 aliphatic carbocycles. The Bertz CT molecular complexity index is 571. The van der Waals surface area contributed by atoms with Gasteiger partial charge in [0.05, 0.1) is 0 Å². The number of hydrogen-bond acceptors (Lipinski definition) is 3. The van der Waals surface area contributed by atoms with Crippen molar-refractivity contribution in [2.75, 3.05) is 32.0 Å². The highest BCUT2D eigenvalue weighted by molar-refractivity contribution is 5.95. The van der Waals surface area contributed by atoms with Gasteiger partial charge in [-0.1, -0.05) is 6.07 Å². The van der Waals surface area contributed by atoms with E-state index in [0.29, 0.717) is 12.1 Å². The zero-order valence-corrected chi connectivity index (χ0v) is 12.6.